The number of hydrogen-bond donors (Lipinski definition) is 1. The van der Waals surface area contributed by atoms with E-state index in [9.17, 15) is 9.59 Å². The fraction of sp³-hybridized carbons (Fsp3) is 0.632. The quantitative estimate of drug-likeness (QED) is 0.900. The summed E-state index contributed by atoms with van der Waals surface area (Å²) in [7, 11) is 0. The molecule has 0 aromatic carbocycles. The number of hydrogen-bond acceptors (Lipinski definition) is 3. The molecule has 24 heavy (non-hydrogen) atoms. The maximum atomic E-state index is 12.9. The molecular weight excluding hydrogens is 304 g/mol. The number of aromatic carboxylic acids is 1. The lowest BCUT2D eigenvalue weighted by Crippen LogP contribution is -2.51. The zero-order valence-corrected chi connectivity index (χ0v) is 14.5. The van der Waals surface area contributed by atoms with Gasteiger partial charge in [0.2, 0.25) is 0 Å². The number of aromatic nitrogens is 1. The van der Waals surface area contributed by atoms with Crippen LogP contribution in [-0.2, 0) is 0 Å². The predicted octanol–water partition coefficient (Wildman–Crippen LogP) is 3.52. The van der Waals surface area contributed by atoms with Crippen LogP contribution in [0.15, 0.2) is 12.1 Å². The van der Waals surface area contributed by atoms with Crippen molar-refractivity contribution in [2.45, 2.75) is 52.4 Å². The van der Waals surface area contributed by atoms with Gasteiger partial charge in [0, 0.05) is 13.1 Å². The second-order valence-electron chi connectivity index (χ2n) is 7.47. The molecule has 1 spiro atoms. The summed E-state index contributed by atoms with van der Waals surface area (Å²) in [5.74, 6) is -0.412. The van der Waals surface area contributed by atoms with Crippen molar-refractivity contribution in [1.82, 2.24) is 9.88 Å². The molecule has 1 saturated carbocycles. The summed E-state index contributed by atoms with van der Waals surface area (Å²) in [6, 6.07) is 3.03. The first-order valence-corrected chi connectivity index (χ1v) is 8.93. The van der Waals surface area contributed by atoms with Gasteiger partial charge in [-0.25, -0.2) is 9.78 Å². The molecule has 3 rings (SSSR count). The van der Waals surface area contributed by atoms with E-state index in [1.54, 1.807) is 13.0 Å². The Balaban J connectivity index is 1.80. The Labute approximate surface area is 143 Å². The van der Waals surface area contributed by atoms with Crippen LogP contribution in [0.4, 0.5) is 0 Å². The molecule has 1 N–H and O–H groups in total. The molecule has 2 heterocycles. The summed E-state index contributed by atoms with van der Waals surface area (Å²) in [5, 5.41) is 9.10. The van der Waals surface area contributed by atoms with Crippen molar-refractivity contribution < 1.29 is 14.7 Å². The highest BCUT2D eigenvalue weighted by molar-refractivity contribution is 5.94. The molecule has 1 aromatic rings. The van der Waals surface area contributed by atoms with Gasteiger partial charge >= 0.3 is 5.97 Å². The van der Waals surface area contributed by atoms with Gasteiger partial charge in [-0.3, -0.25) is 4.79 Å². The van der Waals surface area contributed by atoms with E-state index in [1.807, 2.05) is 4.90 Å². The maximum absolute atomic E-state index is 12.9. The van der Waals surface area contributed by atoms with Gasteiger partial charge in [-0.1, -0.05) is 26.2 Å². The molecule has 1 saturated heterocycles. The molecule has 1 aromatic heterocycles. The molecule has 1 amide bonds. The van der Waals surface area contributed by atoms with Crippen LogP contribution in [0.1, 0.15) is 72.0 Å². The lowest BCUT2D eigenvalue weighted by atomic mass is 9.63. The lowest BCUT2D eigenvalue weighted by molar-refractivity contribution is 0.00651. The van der Waals surface area contributed by atoms with Crippen LogP contribution in [0.3, 0.4) is 0 Å². The van der Waals surface area contributed by atoms with Crippen molar-refractivity contribution in [2.24, 2.45) is 11.3 Å². The molecule has 1 unspecified atom stereocenters. The smallest absolute Gasteiger partial charge is 0.337 e. The summed E-state index contributed by atoms with van der Waals surface area (Å²) in [4.78, 5) is 30.2. The molecular formula is C19H26N2O3. The largest absolute Gasteiger partial charge is 0.478 e. The third-order valence-corrected chi connectivity index (χ3v) is 6.06. The second-order valence-corrected chi connectivity index (χ2v) is 7.47. The maximum Gasteiger partial charge on any atom is 0.337 e. The van der Waals surface area contributed by atoms with Gasteiger partial charge in [0.15, 0.2) is 0 Å². The first-order chi connectivity index (χ1) is 11.4. The van der Waals surface area contributed by atoms with Crippen LogP contribution in [0.5, 0.6) is 0 Å². The van der Waals surface area contributed by atoms with Gasteiger partial charge in [-0.05, 0) is 49.7 Å². The van der Waals surface area contributed by atoms with Gasteiger partial charge in [-0.2, -0.15) is 0 Å². The number of piperidine rings is 1. The number of rotatable bonds is 2. The van der Waals surface area contributed by atoms with Crippen LogP contribution in [-0.4, -0.2) is 40.0 Å². The monoisotopic (exact) mass is 330 g/mol. The standard InChI is InChI=1S/C19H26N2O3/c1-13-8-11-21(12-19(13)9-4-3-5-10-19)17(22)16-7-6-15(18(23)24)14(2)20-16/h6-7,13H,3-5,8-12H2,1-2H3,(H,23,24). The van der Waals surface area contributed by atoms with Crippen molar-refractivity contribution >= 4 is 11.9 Å². The molecule has 130 valence electrons. The summed E-state index contributed by atoms with van der Waals surface area (Å²) < 4.78 is 0. The molecule has 0 bridgehead atoms. The Morgan fingerprint density at radius 1 is 1.25 bits per heavy atom. The zero-order chi connectivity index (χ0) is 17.3. The number of amides is 1. The minimum absolute atomic E-state index is 0.0631. The average molecular weight is 330 g/mol. The molecule has 1 aliphatic carbocycles. The highest BCUT2D eigenvalue weighted by Gasteiger charge is 2.43. The average Bonchev–Trinajstić information content (AvgIpc) is 2.57. The number of aryl methyl sites for hydroxylation is 1. The fourth-order valence-electron chi connectivity index (χ4n) is 4.42. The van der Waals surface area contributed by atoms with Crippen molar-refractivity contribution in [3.63, 3.8) is 0 Å². The Bertz CT molecular complexity index is 650. The van der Waals surface area contributed by atoms with Crippen molar-refractivity contribution in [2.75, 3.05) is 13.1 Å². The van der Waals surface area contributed by atoms with Gasteiger partial charge in [0.05, 0.1) is 11.3 Å². The number of nitrogens with zero attached hydrogens (tertiary/aromatic N) is 2. The van der Waals surface area contributed by atoms with E-state index in [4.69, 9.17) is 5.11 Å². The second kappa shape index (κ2) is 6.54. The summed E-state index contributed by atoms with van der Waals surface area (Å²) in [5.41, 5.74) is 1.18. The van der Waals surface area contributed by atoms with Gasteiger partial charge < -0.3 is 10.0 Å². The fourth-order valence-corrected chi connectivity index (χ4v) is 4.42. The van der Waals surface area contributed by atoms with Crippen LogP contribution in [0.2, 0.25) is 0 Å². The van der Waals surface area contributed by atoms with Crippen LogP contribution in [0, 0.1) is 18.3 Å². The van der Waals surface area contributed by atoms with Crippen molar-refractivity contribution in [3.05, 3.63) is 29.1 Å². The first-order valence-electron chi connectivity index (χ1n) is 8.93. The highest BCUT2D eigenvalue weighted by Crippen LogP contribution is 2.46. The van der Waals surface area contributed by atoms with Crippen LogP contribution >= 0.6 is 0 Å². The number of carboxylic acids is 1. The topological polar surface area (TPSA) is 70.5 Å². The van der Waals surface area contributed by atoms with E-state index in [0.29, 0.717) is 17.3 Å². The SMILES string of the molecule is Cc1nc(C(=O)N2CCC(C)C3(CCCCC3)C2)ccc1C(=O)O. The van der Waals surface area contributed by atoms with E-state index < -0.39 is 5.97 Å². The van der Waals surface area contributed by atoms with E-state index in [1.165, 1.54) is 38.2 Å². The van der Waals surface area contributed by atoms with Crippen LogP contribution in [0.25, 0.3) is 0 Å². The normalized spacial score (nSPS) is 23.2. The summed E-state index contributed by atoms with van der Waals surface area (Å²) in [6.45, 7) is 5.55. The number of carbonyl (C=O) groups is 2. The lowest BCUT2D eigenvalue weighted by Gasteiger charge is -2.49. The molecule has 5 heteroatoms. The molecule has 1 atom stereocenters. The Kier molecular flexibility index (Phi) is 4.61. The molecule has 2 fully saturated rings. The van der Waals surface area contributed by atoms with E-state index >= 15 is 0 Å². The Hall–Kier alpha value is -1.91. The third-order valence-electron chi connectivity index (χ3n) is 6.06. The number of carboxylic acid groups (broad SMARTS) is 1. The zero-order valence-electron chi connectivity index (χ0n) is 14.5. The van der Waals surface area contributed by atoms with Gasteiger partial charge in [0.25, 0.3) is 5.91 Å². The highest BCUT2D eigenvalue weighted by atomic mass is 16.4. The van der Waals surface area contributed by atoms with E-state index in [2.05, 4.69) is 11.9 Å². The number of pyridine rings is 1. The number of likely N-dealkylation sites (tertiary alicyclic amines) is 1. The molecule has 5 nitrogen and oxygen atoms in total. The minimum Gasteiger partial charge on any atom is -0.478 e. The minimum atomic E-state index is -1.01. The van der Waals surface area contributed by atoms with Crippen molar-refractivity contribution in [3.8, 4) is 0 Å². The van der Waals surface area contributed by atoms with Crippen LogP contribution < -0.4 is 0 Å². The Morgan fingerprint density at radius 2 is 1.96 bits per heavy atom. The van der Waals surface area contributed by atoms with Crippen molar-refractivity contribution in [1.29, 1.82) is 0 Å². The van der Waals surface area contributed by atoms with Gasteiger partial charge in [0.1, 0.15) is 5.69 Å². The predicted molar refractivity (Wildman–Crippen MR) is 91.1 cm³/mol. The van der Waals surface area contributed by atoms with E-state index in [0.717, 1.165) is 19.5 Å². The third kappa shape index (κ3) is 3.04. The number of carbonyl (C=O) groups excluding carboxylic acids is 1. The molecule has 0 radical (unpaired) electrons. The first kappa shape index (κ1) is 16.9. The Morgan fingerprint density at radius 3 is 2.58 bits per heavy atom. The molecule has 2 aliphatic rings. The molecule has 1 aliphatic heterocycles. The summed E-state index contributed by atoms with van der Waals surface area (Å²) in [6.07, 6.45) is 7.29. The summed E-state index contributed by atoms with van der Waals surface area (Å²) >= 11 is 0. The van der Waals surface area contributed by atoms with E-state index in [-0.39, 0.29) is 16.9 Å². The van der Waals surface area contributed by atoms with Gasteiger partial charge in [-0.15, -0.1) is 0 Å².